The van der Waals surface area contributed by atoms with E-state index in [0.717, 1.165) is 24.9 Å². The highest BCUT2D eigenvalue weighted by molar-refractivity contribution is 6.39. The summed E-state index contributed by atoms with van der Waals surface area (Å²) >= 11 is 12.6. The van der Waals surface area contributed by atoms with Crippen LogP contribution in [0.2, 0.25) is 10.0 Å². The minimum atomic E-state index is -0.116. The van der Waals surface area contributed by atoms with E-state index in [4.69, 9.17) is 23.2 Å². The van der Waals surface area contributed by atoms with Crippen molar-refractivity contribution in [1.29, 1.82) is 0 Å². The first-order chi connectivity index (χ1) is 12.8. The van der Waals surface area contributed by atoms with Crippen LogP contribution in [0.25, 0.3) is 0 Å². The number of carbonyl (C=O) groups is 1. The molecule has 0 saturated heterocycles. The summed E-state index contributed by atoms with van der Waals surface area (Å²) in [6.07, 6.45) is 1.96. The lowest BCUT2D eigenvalue weighted by Gasteiger charge is -2.25. The molecule has 0 aliphatic carbocycles. The predicted molar refractivity (Wildman–Crippen MR) is 115 cm³/mol. The Hall–Kier alpha value is -1.55. The lowest BCUT2D eigenvalue weighted by atomic mass is 10.1. The molecule has 1 amide bonds. The molecule has 27 heavy (non-hydrogen) atoms. The SMILES string of the molecule is Cc1cc(C)cc(CN(CCCCN(C)C)C(=O)c2c(Cl)cccc2Cl)c1. The van der Waals surface area contributed by atoms with Crippen LogP contribution in [0.1, 0.15) is 39.9 Å². The zero-order valence-corrected chi connectivity index (χ0v) is 18.1. The maximum Gasteiger partial charge on any atom is 0.257 e. The lowest BCUT2D eigenvalue weighted by molar-refractivity contribution is 0.0739. The molecule has 0 unspecified atom stereocenters. The fourth-order valence-electron chi connectivity index (χ4n) is 3.22. The van der Waals surface area contributed by atoms with Crippen molar-refractivity contribution >= 4 is 29.1 Å². The maximum absolute atomic E-state index is 13.2. The van der Waals surface area contributed by atoms with Crippen molar-refractivity contribution in [2.45, 2.75) is 33.2 Å². The number of hydrogen-bond acceptors (Lipinski definition) is 2. The Kier molecular flexibility index (Phi) is 8.15. The first-order valence-electron chi connectivity index (χ1n) is 9.23. The number of hydrogen-bond donors (Lipinski definition) is 0. The van der Waals surface area contributed by atoms with E-state index in [1.54, 1.807) is 18.2 Å². The Balaban J connectivity index is 2.24. The molecule has 0 heterocycles. The second-order valence-electron chi connectivity index (χ2n) is 7.33. The molecule has 0 atom stereocenters. The van der Waals surface area contributed by atoms with Gasteiger partial charge < -0.3 is 9.80 Å². The molecule has 0 aromatic heterocycles. The maximum atomic E-state index is 13.2. The number of nitrogens with zero attached hydrogens (tertiary/aromatic N) is 2. The molecule has 0 N–H and O–H groups in total. The zero-order valence-electron chi connectivity index (χ0n) is 16.6. The van der Waals surface area contributed by atoms with E-state index < -0.39 is 0 Å². The number of carbonyl (C=O) groups excluding carboxylic acids is 1. The summed E-state index contributed by atoms with van der Waals surface area (Å²) in [6, 6.07) is 11.6. The van der Waals surface area contributed by atoms with Gasteiger partial charge in [-0.3, -0.25) is 4.79 Å². The monoisotopic (exact) mass is 406 g/mol. The summed E-state index contributed by atoms with van der Waals surface area (Å²) < 4.78 is 0. The number of halogens is 2. The average molecular weight is 407 g/mol. The molecule has 146 valence electrons. The smallest absolute Gasteiger partial charge is 0.257 e. The Morgan fingerprint density at radius 3 is 2.04 bits per heavy atom. The third-order valence-corrected chi connectivity index (χ3v) is 5.03. The fourth-order valence-corrected chi connectivity index (χ4v) is 3.78. The highest BCUT2D eigenvalue weighted by Crippen LogP contribution is 2.26. The molecule has 0 radical (unpaired) electrons. The molecule has 0 spiro atoms. The van der Waals surface area contributed by atoms with Crippen LogP contribution in [0.4, 0.5) is 0 Å². The summed E-state index contributed by atoms with van der Waals surface area (Å²) in [5.41, 5.74) is 3.90. The van der Waals surface area contributed by atoms with E-state index in [9.17, 15) is 4.79 Å². The number of unbranched alkanes of at least 4 members (excludes halogenated alkanes) is 1. The van der Waals surface area contributed by atoms with E-state index >= 15 is 0 Å². The summed E-state index contributed by atoms with van der Waals surface area (Å²) in [6.45, 7) is 6.36. The van der Waals surface area contributed by atoms with E-state index in [2.05, 4.69) is 51.0 Å². The van der Waals surface area contributed by atoms with E-state index in [0.29, 0.717) is 28.7 Å². The molecule has 5 heteroatoms. The number of amides is 1. The quantitative estimate of drug-likeness (QED) is 0.532. The fraction of sp³-hybridized carbons (Fsp3) is 0.409. The van der Waals surface area contributed by atoms with Gasteiger partial charge in [0.15, 0.2) is 0 Å². The summed E-state index contributed by atoms with van der Waals surface area (Å²) in [7, 11) is 4.11. The van der Waals surface area contributed by atoms with E-state index in [1.165, 1.54) is 11.1 Å². The molecule has 3 nitrogen and oxygen atoms in total. The van der Waals surface area contributed by atoms with Crippen molar-refractivity contribution in [3.63, 3.8) is 0 Å². The van der Waals surface area contributed by atoms with Crippen LogP contribution in [0.15, 0.2) is 36.4 Å². The zero-order chi connectivity index (χ0) is 20.0. The minimum absolute atomic E-state index is 0.116. The van der Waals surface area contributed by atoms with Crippen LogP contribution in [-0.2, 0) is 6.54 Å². The van der Waals surface area contributed by atoms with Gasteiger partial charge in [-0.15, -0.1) is 0 Å². The molecule has 0 aliphatic rings. The topological polar surface area (TPSA) is 23.6 Å². The van der Waals surface area contributed by atoms with Crippen molar-refractivity contribution in [3.8, 4) is 0 Å². The molecular formula is C22H28Cl2N2O. The van der Waals surface area contributed by atoms with Gasteiger partial charge >= 0.3 is 0 Å². The molecule has 2 aromatic carbocycles. The molecule has 0 fully saturated rings. The highest BCUT2D eigenvalue weighted by atomic mass is 35.5. The summed E-state index contributed by atoms with van der Waals surface area (Å²) in [5.74, 6) is -0.116. The van der Waals surface area contributed by atoms with Crippen molar-refractivity contribution in [2.24, 2.45) is 0 Å². The summed E-state index contributed by atoms with van der Waals surface area (Å²) in [5, 5.41) is 0.789. The van der Waals surface area contributed by atoms with Gasteiger partial charge in [0.25, 0.3) is 5.91 Å². The standard InChI is InChI=1S/C22H28Cl2N2O/c1-16-12-17(2)14-18(13-16)15-26(11-6-5-10-25(3)4)22(27)21-19(23)8-7-9-20(21)24/h7-9,12-14H,5-6,10-11,15H2,1-4H3. The normalized spacial score (nSPS) is 11.1. The number of benzene rings is 2. The molecular weight excluding hydrogens is 379 g/mol. The number of rotatable bonds is 8. The number of aryl methyl sites for hydroxylation is 2. The highest BCUT2D eigenvalue weighted by Gasteiger charge is 2.21. The third-order valence-electron chi connectivity index (χ3n) is 4.40. The second-order valence-corrected chi connectivity index (χ2v) is 8.14. The van der Waals surface area contributed by atoms with Crippen LogP contribution in [0, 0.1) is 13.8 Å². The van der Waals surface area contributed by atoms with Gasteiger partial charge in [0.1, 0.15) is 0 Å². The minimum Gasteiger partial charge on any atom is -0.334 e. The van der Waals surface area contributed by atoms with Crippen molar-refractivity contribution in [2.75, 3.05) is 27.2 Å². The molecule has 0 aliphatic heterocycles. The van der Waals surface area contributed by atoms with E-state index in [-0.39, 0.29) is 5.91 Å². The van der Waals surface area contributed by atoms with Crippen LogP contribution in [0.5, 0.6) is 0 Å². The average Bonchev–Trinajstić information content (AvgIpc) is 2.56. The molecule has 0 bridgehead atoms. The van der Waals surface area contributed by atoms with Crippen LogP contribution >= 0.6 is 23.2 Å². The Labute approximate surface area is 172 Å². The predicted octanol–water partition coefficient (Wildman–Crippen LogP) is 5.59. The van der Waals surface area contributed by atoms with Gasteiger partial charge in [0.05, 0.1) is 15.6 Å². The van der Waals surface area contributed by atoms with Crippen molar-refractivity contribution < 1.29 is 4.79 Å². The van der Waals surface area contributed by atoms with Crippen LogP contribution in [0.3, 0.4) is 0 Å². The Bertz CT molecular complexity index is 749. The van der Waals surface area contributed by atoms with Gasteiger partial charge in [0.2, 0.25) is 0 Å². The van der Waals surface area contributed by atoms with Crippen molar-refractivity contribution in [3.05, 3.63) is 68.7 Å². The van der Waals surface area contributed by atoms with Crippen LogP contribution < -0.4 is 0 Å². The van der Waals surface area contributed by atoms with Gasteiger partial charge in [0, 0.05) is 13.1 Å². The van der Waals surface area contributed by atoms with Gasteiger partial charge in [-0.25, -0.2) is 0 Å². The third kappa shape index (κ3) is 6.53. The van der Waals surface area contributed by atoms with Gasteiger partial charge in [-0.2, -0.15) is 0 Å². The first kappa shape index (κ1) is 21.7. The molecule has 2 aromatic rings. The second kappa shape index (κ2) is 10.1. The van der Waals surface area contributed by atoms with Crippen LogP contribution in [-0.4, -0.2) is 42.9 Å². The largest absolute Gasteiger partial charge is 0.334 e. The van der Waals surface area contributed by atoms with Crippen molar-refractivity contribution in [1.82, 2.24) is 9.80 Å². The van der Waals surface area contributed by atoms with E-state index in [1.807, 2.05) is 4.90 Å². The van der Waals surface area contributed by atoms with Gasteiger partial charge in [-0.1, -0.05) is 58.6 Å². The Morgan fingerprint density at radius 1 is 0.926 bits per heavy atom. The first-order valence-corrected chi connectivity index (χ1v) is 9.98. The van der Waals surface area contributed by atoms with Gasteiger partial charge in [-0.05, 0) is 65.0 Å². The summed E-state index contributed by atoms with van der Waals surface area (Å²) in [4.78, 5) is 17.2. The molecule has 2 rings (SSSR count). The lowest BCUT2D eigenvalue weighted by Crippen LogP contribution is -2.32. The Morgan fingerprint density at radius 2 is 1.48 bits per heavy atom. The molecule has 0 saturated carbocycles.